The number of methoxy groups -OCH3 is 1. The monoisotopic (exact) mass is 286 g/mol. The van der Waals surface area contributed by atoms with Crippen LogP contribution in [0.5, 0.6) is 0 Å². The lowest BCUT2D eigenvalue weighted by Gasteiger charge is -2.21. The van der Waals surface area contributed by atoms with Crippen LogP contribution in [-0.4, -0.2) is 43.8 Å². The van der Waals surface area contributed by atoms with Gasteiger partial charge < -0.3 is 18.8 Å². The normalized spacial score (nSPS) is 16.7. The maximum absolute atomic E-state index is 11.7. The van der Waals surface area contributed by atoms with Gasteiger partial charge in [-0.25, -0.2) is 9.59 Å². The van der Waals surface area contributed by atoms with Crippen molar-refractivity contribution in [3.05, 3.63) is 0 Å². The molecular weight excluding hydrogens is 267 g/mol. The molecule has 0 aromatic carbocycles. The fourth-order valence-corrected chi connectivity index (χ4v) is 1.67. The van der Waals surface area contributed by atoms with Gasteiger partial charge in [0.15, 0.2) is 0 Å². The quantitative estimate of drug-likeness (QED) is 0.403. The molecule has 1 rings (SSSR count). The van der Waals surface area contributed by atoms with Crippen LogP contribution in [0.4, 0.5) is 0 Å². The Morgan fingerprint density at radius 3 is 2.25 bits per heavy atom. The predicted molar refractivity (Wildman–Crippen MR) is 68.6 cm³/mol. The van der Waals surface area contributed by atoms with E-state index in [1.807, 2.05) is 0 Å². The molecule has 0 amide bonds. The van der Waals surface area contributed by atoms with Crippen LogP contribution < -0.4 is 0 Å². The van der Waals surface area contributed by atoms with E-state index < -0.39 is 24.7 Å². The van der Waals surface area contributed by atoms with E-state index in [9.17, 15) is 14.4 Å². The fourth-order valence-electron chi connectivity index (χ4n) is 1.67. The second-order valence-corrected chi connectivity index (χ2v) is 5.47. The van der Waals surface area contributed by atoms with Gasteiger partial charge in [0.1, 0.15) is 5.60 Å². The molecule has 1 atom stereocenters. The van der Waals surface area contributed by atoms with E-state index in [0.29, 0.717) is 6.42 Å². The summed E-state index contributed by atoms with van der Waals surface area (Å²) >= 11 is 0. The topological polar surface area (TPSA) is 88.1 Å². The molecular formula is C12H19BO7. The van der Waals surface area contributed by atoms with E-state index in [2.05, 4.69) is 9.31 Å². The first-order chi connectivity index (χ1) is 9.21. The van der Waals surface area contributed by atoms with Gasteiger partial charge in [-0.2, -0.15) is 0 Å². The summed E-state index contributed by atoms with van der Waals surface area (Å²) in [5, 5.41) is 0. The van der Waals surface area contributed by atoms with Crippen molar-refractivity contribution in [3.8, 4) is 0 Å². The van der Waals surface area contributed by atoms with Gasteiger partial charge in [0.25, 0.3) is 0 Å². The molecule has 1 saturated heterocycles. The van der Waals surface area contributed by atoms with E-state index in [4.69, 9.17) is 9.47 Å². The summed E-state index contributed by atoms with van der Waals surface area (Å²) in [6, 6.07) is 0. The maximum atomic E-state index is 11.7. The van der Waals surface area contributed by atoms with Crippen LogP contribution in [0.25, 0.3) is 0 Å². The lowest BCUT2D eigenvalue weighted by Crippen LogP contribution is -2.28. The van der Waals surface area contributed by atoms with Crippen molar-refractivity contribution in [2.45, 2.75) is 51.6 Å². The third-order valence-corrected chi connectivity index (χ3v) is 2.52. The molecule has 1 fully saturated rings. The van der Waals surface area contributed by atoms with Crippen molar-refractivity contribution in [3.63, 3.8) is 0 Å². The van der Waals surface area contributed by atoms with Crippen LogP contribution in [0.15, 0.2) is 0 Å². The molecule has 1 heterocycles. The zero-order valence-corrected chi connectivity index (χ0v) is 12.1. The van der Waals surface area contributed by atoms with Crippen molar-refractivity contribution in [2.75, 3.05) is 7.11 Å². The molecule has 112 valence electrons. The zero-order chi connectivity index (χ0) is 15.3. The van der Waals surface area contributed by atoms with Crippen molar-refractivity contribution in [2.24, 2.45) is 0 Å². The molecule has 1 aliphatic rings. The van der Waals surface area contributed by atoms with Gasteiger partial charge in [0, 0.05) is 13.4 Å². The van der Waals surface area contributed by atoms with E-state index in [0.717, 1.165) is 0 Å². The van der Waals surface area contributed by atoms with Crippen molar-refractivity contribution >= 4 is 25.0 Å². The Kier molecular flexibility index (Phi) is 5.56. The molecule has 0 saturated carbocycles. The van der Waals surface area contributed by atoms with Crippen molar-refractivity contribution in [1.29, 1.82) is 0 Å². The van der Waals surface area contributed by atoms with Gasteiger partial charge in [-0.3, -0.25) is 4.79 Å². The number of esters is 1. The van der Waals surface area contributed by atoms with Crippen molar-refractivity contribution in [1.82, 2.24) is 0 Å². The third-order valence-electron chi connectivity index (χ3n) is 2.52. The van der Waals surface area contributed by atoms with Crippen molar-refractivity contribution < 1.29 is 33.2 Å². The van der Waals surface area contributed by atoms with Crippen LogP contribution in [0.1, 0.15) is 33.6 Å². The molecule has 0 aliphatic carbocycles. The van der Waals surface area contributed by atoms with Gasteiger partial charge in [-0.1, -0.05) is 0 Å². The Morgan fingerprint density at radius 1 is 1.25 bits per heavy atom. The van der Waals surface area contributed by atoms with Crippen LogP contribution in [0.3, 0.4) is 0 Å². The number of hydrogen-bond acceptors (Lipinski definition) is 7. The largest absolute Gasteiger partial charge is 0.599 e. The standard InChI is InChI=1S/C12H19BO7/c1-12(2,3)18-9(14)7-8(17-4)5-6-13-19-10(15)11(16)20-13/h8H,5-7H2,1-4H3/t8-/m0/s1. The van der Waals surface area contributed by atoms with Crippen LogP contribution in [0, 0.1) is 0 Å². The Balaban J connectivity index is 2.35. The molecule has 1 aliphatic heterocycles. The molecule has 20 heavy (non-hydrogen) atoms. The summed E-state index contributed by atoms with van der Waals surface area (Å²) in [5.74, 6) is -2.35. The lowest BCUT2D eigenvalue weighted by molar-refractivity contribution is -0.157. The van der Waals surface area contributed by atoms with Crippen LogP contribution in [-0.2, 0) is 33.2 Å². The molecule has 8 heteroatoms. The first kappa shape index (κ1) is 16.5. The predicted octanol–water partition coefficient (Wildman–Crippen LogP) is 0.711. The van der Waals surface area contributed by atoms with E-state index in [-0.39, 0.29) is 24.8 Å². The van der Waals surface area contributed by atoms with Gasteiger partial charge >= 0.3 is 25.0 Å². The Bertz CT molecular complexity index is 372. The number of hydrogen-bond donors (Lipinski definition) is 0. The molecule has 0 unspecified atom stereocenters. The summed E-state index contributed by atoms with van der Waals surface area (Å²) in [7, 11) is 0.577. The van der Waals surface area contributed by atoms with Gasteiger partial charge in [0.05, 0.1) is 12.5 Å². The molecule has 0 N–H and O–H groups in total. The summed E-state index contributed by atoms with van der Waals surface area (Å²) in [4.78, 5) is 33.3. The van der Waals surface area contributed by atoms with Gasteiger partial charge in [0.2, 0.25) is 0 Å². The number of rotatable bonds is 6. The van der Waals surface area contributed by atoms with E-state index >= 15 is 0 Å². The molecule has 0 aromatic heterocycles. The first-order valence-electron chi connectivity index (χ1n) is 6.37. The minimum absolute atomic E-state index is 0.0857. The lowest BCUT2D eigenvalue weighted by atomic mass is 9.82. The SMILES string of the molecule is CO[C@@H](CCB1OC(=O)C(=O)O1)CC(=O)OC(C)(C)C. The number of carbonyl (C=O) groups excluding carboxylic acids is 3. The minimum atomic E-state index is -0.990. The van der Waals surface area contributed by atoms with Gasteiger partial charge in [-0.05, 0) is 27.2 Å². The number of carbonyl (C=O) groups is 3. The zero-order valence-electron chi connectivity index (χ0n) is 12.1. The Hall–Kier alpha value is -1.57. The van der Waals surface area contributed by atoms with Crippen LogP contribution >= 0.6 is 0 Å². The summed E-state index contributed by atoms with van der Waals surface area (Å²) in [6.45, 7) is 5.35. The summed E-state index contributed by atoms with van der Waals surface area (Å²) < 4.78 is 19.7. The Morgan fingerprint density at radius 2 is 1.80 bits per heavy atom. The second kappa shape index (κ2) is 6.74. The highest BCUT2D eigenvalue weighted by Crippen LogP contribution is 2.16. The average molecular weight is 286 g/mol. The molecule has 0 radical (unpaired) electrons. The molecule has 0 bridgehead atoms. The van der Waals surface area contributed by atoms with E-state index in [1.165, 1.54) is 7.11 Å². The summed E-state index contributed by atoms with van der Waals surface area (Å²) in [6.07, 6.45) is 0.380. The van der Waals surface area contributed by atoms with Crippen LogP contribution in [0.2, 0.25) is 6.32 Å². The maximum Gasteiger partial charge on any atom is 0.599 e. The highest BCUT2D eigenvalue weighted by atomic mass is 16.7. The second-order valence-electron chi connectivity index (χ2n) is 5.47. The highest BCUT2D eigenvalue weighted by Gasteiger charge is 2.40. The third kappa shape index (κ3) is 5.60. The minimum Gasteiger partial charge on any atom is -0.491 e. The fraction of sp³-hybridized carbons (Fsp3) is 0.750. The average Bonchev–Trinajstić information content (AvgIpc) is 2.61. The van der Waals surface area contributed by atoms with E-state index in [1.54, 1.807) is 20.8 Å². The summed E-state index contributed by atoms with van der Waals surface area (Å²) in [5.41, 5.74) is -0.550. The Labute approximate surface area is 118 Å². The number of ether oxygens (including phenoxy) is 2. The molecule has 0 aromatic rings. The molecule has 7 nitrogen and oxygen atoms in total. The molecule has 0 spiro atoms. The first-order valence-corrected chi connectivity index (χ1v) is 6.37. The highest BCUT2D eigenvalue weighted by molar-refractivity contribution is 6.60. The van der Waals surface area contributed by atoms with Gasteiger partial charge in [-0.15, -0.1) is 0 Å². The smallest absolute Gasteiger partial charge is 0.491 e.